The van der Waals surface area contributed by atoms with Gasteiger partial charge in [0.05, 0.1) is 25.4 Å². The topological polar surface area (TPSA) is 144 Å². The normalized spacial score (nSPS) is 20.3. The second-order valence-electron chi connectivity index (χ2n) is 9.01. The Kier molecular flexibility index (Phi) is 8.21. The summed E-state index contributed by atoms with van der Waals surface area (Å²) in [5.74, 6) is 0.287. The van der Waals surface area contributed by atoms with Crippen LogP contribution in [0.3, 0.4) is 0 Å². The summed E-state index contributed by atoms with van der Waals surface area (Å²) in [7, 11) is 0. The number of ether oxygens (including phenoxy) is 4. The standard InChI is InChI=1S/C24H32N4O7/c1-14(2)25-24(31)35-17-7-6-15(10-17)18-11-20(28-27-18)26-21(30)13-32-12-16-4-3-5-19(29)22(16)23-33-8-9-34-23/h3-5,11,14-15,17,23,29H,6-10,12-13H2,1-2H3,(H,25,31)(H2,26,27,28,30)/t15-,17+/m0/s1. The number of anilines is 1. The van der Waals surface area contributed by atoms with Crippen molar-refractivity contribution in [2.45, 2.75) is 64.1 Å². The van der Waals surface area contributed by atoms with Crippen LogP contribution in [0.1, 0.15) is 62.1 Å². The van der Waals surface area contributed by atoms with Crippen molar-refractivity contribution in [2.75, 3.05) is 25.1 Å². The van der Waals surface area contributed by atoms with E-state index < -0.39 is 12.4 Å². The maximum atomic E-state index is 12.3. The van der Waals surface area contributed by atoms with Crippen LogP contribution in [-0.4, -0.2) is 59.3 Å². The molecule has 1 aromatic heterocycles. The number of aromatic nitrogens is 2. The zero-order valence-electron chi connectivity index (χ0n) is 19.9. The average molecular weight is 489 g/mol. The van der Waals surface area contributed by atoms with Gasteiger partial charge in [-0.2, -0.15) is 5.10 Å². The predicted molar refractivity (Wildman–Crippen MR) is 125 cm³/mol. The third-order valence-corrected chi connectivity index (χ3v) is 5.89. The van der Waals surface area contributed by atoms with E-state index in [9.17, 15) is 14.7 Å². The molecule has 4 N–H and O–H groups in total. The van der Waals surface area contributed by atoms with Gasteiger partial charge in [-0.15, -0.1) is 0 Å². The predicted octanol–water partition coefficient (Wildman–Crippen LogP) is 3.09. The molecule has 2 fully saturated rings. The van der Waals surface area contributed by atoms with Gasteiger partial charge in [-0.3, -0.25) is 9.89 Å². The Labute approximate surface area is 203 Å². The Morgan fingerprint density at radius 3 is 2.83 bits per heavy atom. The van der Waals surface area contributed by atoms with Gasteiger partial charge in [0.15, 0.2) is 12.1 Å². The quantitative estimate of drug-likeness (QED) is 0.422. The van der Waals surface area contributed by atoms with Crippen molar-refractivity contribution in [3.8, 4) is 5.75 Å². The molecule has 2 atom stereocenters. The van der Waals surface area contributed by atoms with Crippen molar-refractivity contribution in [3.05, 3.63) is 41.1 Å². The third-order valence-electron chi connectivity index (χ3n) is 5.89. The Morgan fingerprint density at radius 2 is 2.06 bits per heavy atom. The number of aromatic amines is 1. The highest BCUT2D eigenvalue weighted by Crippen LogP contribution is 2.36. The molecule has 2 amide bonds. The fraction of sp³-hybridized carbons (Fsp3) is 0.542. The van der Waals surface area contributed by atoms with Gasteiger partial charge >= 0.3 is 6.09 Å². The van der Waals surface area contributed by atoms with E-state index in [0.717, 1.165) is 18.5 Å². The molecule has 2 aliphatic rings. The van der Waals surface area contributed by atoms with Crippen LogP contribution >= 0.6 is 0 Å². The molecular formula is C24H32N4O7. The Morgan fingerprint density at radius 1 is 1.26 bits per heavy atom. The molecule has 2 heterocycles. The number of carbonyl (C=O) groups is 2. The number of phenolic OH excluding ortho intramolecular Hbond substituents is 1. The summed E-state index contributed by atoms with van der Waals surface area (Å²) in [6, 6.07) is 6.88. The number of alkyl carbamates (subject to hydrolysis) is 1. The van der Waals surface area contributed by atoms with E-state index in [0.29, 0.717) is 36.6 Å². The number of nitrogens with one attached hydrogen (secondary N) is 3. The summed E-state index contributed by atoms with van der Waals surface area (Å²) in [6.07, 6.45) is 1.15. The number of amides is 2. The number of nitrogens with zero attached hydrogens (tertiary/aromatic N) is 1. The van der Waals surface area contributed by atoms with Crippen LogP contribution in [0.15, 0.2) is 24.3 Å². The maximum absolute atomic E-state index is 12.3. The molecule has 1 saturated carbocycles. The van der Waals surface area contributed by atoms with E-state index >= 15 is 0 Å². The average Bonchev–Trinajstić information content (AvgIpc) is 3.55. The number of rotatable bonds is 9. The van der Waals surface area contributed by atoms with E-state index in [1.54, 1.807) is 24.3 Å². The van der Waals surface area contributed by atoms with Gasteiger partial charge in [0, 0.05) is 23.7 Å². The van der Waals surface area contributed by atoms with Crippen LogP contribution in [0, 0.1) is 0 Å². The second-order valence-corrected chi connectivity index (χ2v) is 9.01. The van der Waals surface area contributed by atoms with E-state index in [1.165, 1.54) is 0 Å². The summed E-state index contributed by atoms with van der Waals surface area (Å²) in [6.45, 7) is 4.60. The minimum atomic E-state index is -0.642. The molecule has 1 aliphatic carbocycles. The number of hydrogen-bond acceptors (Lipinski definition) is 8. The minimum absolute atomic E-state index is 0.0275. The summed E-state index contributed by atoms with van der Waals surface area (Å²) in [5, 5.41) is 22.8. The molecule has 35 heavy (non-hydrogen) atoms. The van der Waals surface area contributed by atoms with Gasteiger partial charge in [0.1, 0.15) is 18.5 Å². The first-order valence-electron chi connectivity index (χ1n) is 11.8. The van der Waals surface area contributed by atoms with Crippen LogP contribution in [-0.2, 0) is 30.3 Å². The number of aromatic hydroxyl groups is 1. The van der Waals surface area contributed by atoms with E-state index in [2.05, 4.69) is 20.8 Å². The molecule has 2 aromatic rings. The first-order chi connectivity index (χ1) is 16.9. The SMILES string of the molecule is CC(C)NC(=O)O[C@@H]1CC[C@H](c2cc(NC(=O)COCc3cccc(O)c3C3OCCO3)n[nH]2)C1. The molecule has 11 heteroatoms. The van der Waals surface area contributed by atoms with Crippen LogP contribution in [0.4, 0.5) is 10.6 Å². The van der Waals surface area contributed by atoms with Crippen LogP contribution in [0.25, 0.3) is 0 Å². The van der Waals surface area contributed by atoms with Crippen molar-refractivity contribution < 1.29 is 33.6 Å². The van der Waals surface area contributed by atoms with Gasteiger partial charge in [-0.1, -0.05) is 12.1 Å². The Bertz CT molecular complexity index is 1020. The molecule has 11 nitrogen and oxygen atoms in total. The highest BCUT2D eigenvalue weighted by molar-refractivity contribution is 5.90. The molecule has 0 unspecified atom stereocenters. The molecular weight excluding hydrogens is 456 g/mol. The Balaban J connectivity index is 1.23. The molecule has 0 spiro atoms. The summed E-state index contributed by atoms with van der Waals surface area (Å²) in [4.78, 5) is 24.2. The van der Waals surface area contributed by atoms with Crippen molar-refractivity contribution in [3.63, 3.8) is 0 Å². The molecule has 1 aromatic carbocycles. The molecule has 1 aliphatic heterocycles. The lowest BCUT2D eigenvalue weighted by Crippen LogP contribution is -2.33. The van der Waals surface area contributed by atoms with Gasteiger partial charge in [-0.25, -0.2) is 4.79 Å². The number of benzene rings is 1. The lowest BCUT2D eigenvalue weighted by molar-refractivity contribution is -0.121. The van der Waals surface area contributed by atoms with Crippen molar-refractivity contribution >= 4 is 17.8 Å². The first kappa shape index (κ1) is 25.0. The van der Waals surface area contributed by atoms with E-state index in [4.69, 9.17) is 18.9 Å². The number of phenols is 1. The number of H-pyrrole nitrogens is 1. The Hall–Kier alpha value is -3.15. The molecule has 190 valence electrons. The van der Waals surface area contributed by atoms with Crippen molar-refractivity contribution in [1.82, 2.24) is 15.5 Å². The molecule has 0 radical (unpaired) electrons. The van der Waals surface area contributed by atoms with Crippen LogP contribution in [0.2, 0.25) is 0 Å². The molecule has 4 rings (SSSR count). The largest absolute Gasteiger partial charge is 0.507 e. The van der Waals surface area contributed by atoms with Crippen molar-refractivity contribution in [1.29, 1.82) is 0 Å². The monoisotopic (exact) mass is 488 g/mol. The highest BCUT2D eigenvalue weighted by Gasteiger charge is 2.30. The van der Waals surface area contributed by atoms with E-state index in [-0.39, 0.29) is 42.9 Å². The van der Waals surface area contributed by atoms with Gasteiger partial charge in [0.25, 0.3) is 5.91 Å². The smallest absolute Gasteiger partial charge is 0.407 e. The number of carbonyl (C=O) groups excluding carboxylic acids is 2. The first-order valence-corrected chi connectivity index (χ1v) is 11.8. The third kappa shape index (κ3) is 6.71. The van der Waals surface area contributed by atoms with Crippen molar-refractivity contribution in [2.24, 2.45) is 0 Å². The van der Waals surface area contributed by atoms with Gasteiger partial charge in [-0.05, 0) is 44.7 Å². The van der Waals surface area contributed by atoms with Gasteiger partial charge < -0.3 is 34.7 Å². The van der Waals surface area contributed by atoms with Crippen LogP contribution < -0.4 is 10.6 Å². The summed E-state index contributed by atoms with van der Waals surface area (Å²) >= 11 is 0. The zero-order chi connectivity index (χ0) is 24.8. The molecule has 1 saturated heterocycles. The minimum Gasteiger partial charge on any atom is -0.507 e. The van der Waals surface area contributed by atoms with Crippen LogP contribution in [0.5, 0.6) is 5.75 Å². The summed E-state index contributed by atoms with van der Waals surface area (Å²) < 4.78 is 22.0. The molecule has 0 bridgehead atoms. The highest BCUT2D eigenvalue weighted by atomic mass is 16.7. The second kappa shape index (κ2) is 11.5. The lowest BCUT2D eigenvalue weighted by atomic mass is 10.0. The zero-order valence-corrected chi connectivity index (χ0v) is 19.9. The fourth-order valence-corrected chi connectivity index (χ4v) is 4.32. The van der Waals surface area contributed by atoms with Gasteiger partial charge in [0.2, 0.25) is 0 Å². The fourth-order valence-electron chi connectivity index (χ4n) is 4.32. The number of hydrogen-bond donors (Lipinski definition) is 4. The summed E-state index contributed by atoms with van der Waals surface area (Å²) in [5.41, 5.74) is 2.09. The maximum Gasteiger partial charge on any atom is 0.407 e. The van der Waals surface area contributed by atoms with E-state index in [1.807, 2.05) is 13.8 Å². The lowest BCUT2D eigenvalue weighted by Gasteiger charge is -2.16.